The van der Waals surface area contributed by atoms with Crippen molar-refractivity contribution in [1.82, 2.24) is 18.7 Å². The molecule has 2 aromatic carbocycles. The third-order valence-electron chi connectivity index (χ3n) is 9.58. The molecule has 0 radical (unpaired) electrons. The van der Waals surface area contributed by atoms with Gasteiger partial charge in [-0.15, -0.1) is 0 Å². The maximum atomic E-state index is 14.1. The van der Waals surface area contributed by atoms with E-state index >= 15 is 0 Å². The van der Waals surface area contributed by atoms with E-state index in [4.69, 9.17) is 18.9 Å². The smallest absolute Gasteiger partial charge is 0.400 e. The van der Waals surface area contributed by atoms with Gasteiger partial charge in [0.2, 0.25) is 0 Å². The fraction of sp³-hybridized carbons (Fsp3) is 0.467. The van der Waals surface area contributed by atoms with Gasteiger partial charge in [-0.25, -0.2) is 27.8 Å². The lowest BCUT2D eigenvalue weighted by Crippen LogP contribution is -2.38. The van der Waals surface area contributed by atoms with Gasteiger partial charge in [-0.05, 0) is 34.9 Å². The lowest BCUT2D eigenvalue weighted by Gasteiger charge is -2.34. The van der Waals surface area contributed by atoms with E-state index in [9.17, 15) is 18.9 Å². The minimum absolute atomic E-state index is 0.0416. The Labute approximate surface area is 256 Å². The molecule has 8 rings (SSSR count). The molecule has 0 spiro atoms. The quantitative estimate of drug-likeness (QED) is 0.419. The first kappa shape index (κ1) is 28.2. The summed E-state index contributed by atoms with van der Waals surface area (Å²) in [5.41, 5.74) is 2.76. The molecule has 6 aliphatic rings. The van der Waals surface area contributed by atoms with Crippen LogP contribution in [-0.4, -0.2) is 67.0 Å². The first-order valence-corrected chi connectivity index (χ1v) is 18.2. The van der Waals surface area contributed by atoms with Gasteiger partial charge in [-0.2, -0.15) is 0 Å². The number of fused-ring (bicyclic) bond motifs is 4. The predicted molar refractivity (Wildman–Crippen MR) is 159 cm³/mol. The summed E-state index contributed by atoms with van der Waals surface area (Å²) in [4.78, 5) is 22.9. The van der Waals surface area contributed by atoms with Gasteiger partial charge in [0.25, 0.3) is 23.5 Å². The Morgan fingerprint density at radius 3 is 1.82 bits per heavy atom. The van der Waals surface area contributed by atoms with Gasteiger partial charge in [-0.1, -0.05) is 75.4 Å². The SMILES string of the molecule is CC(C)[C@H]1COC2=C3OC[C@H](C(C)Cc4cccc([C@H]5COC6=C7OC[C@H](c8ccccc8)N7P(=O)(O)N65)c4)N3P(=O)(O)N21. The van der Waals surface area contributed by atoms with Crippen LogP contribution in [0.4, 0.5) is 0 Å². The second kappa shape index (κ2) is 9.85. The van der Waals surface area contributed by atoms with Gasteiger partial charge in [0.15, 0.2) is 0 Å². The van der Waals surface area contributed by atoms with Gasteiger partial charge in [0, 0.05) is 0 Å². The summed E-state index contributed by atoms with van der Waals surface area (Å²) in [6.45, 7) is 7.23. The van der Waals surface area contributed by atoms with E-state index in [2.05, 4.69) is 6.92 Å². The first-order chi connectivity index (χ1) is 21.1. The summed E-state index contributed by atoms with van der Waals surface area (Å²) in [7, 11) is -7.99. The molecule has 12 nitrogen and oxygen atoms in total. The molecule has 2 aromatic rings. The second-order valence-corrected chi connectivity index (χ2v) is 16.4. The molecule has 6 heterocycles. The molecule has 2 N–H and O–H groups in total. The van der Waals surface area contributed by atoms with Crippen molar-refractivity contribution in [2.24, 2.45) is 11.8 Å². The highest BCUT2D eigenvalue weighted by Crippen LogP contribution is 2.70. The molecule has 0 aromatic heterocycles. The number of hydrogen-bond donors (Lipinski definition) is 2. The fourth-order valence-corrected chi connectivity index (χ4v) is 11.8. The largest absolute Gasteiger partial charge is 0.473 e. The monoisotopic (exact) mass is 642 g/mol. The van der Waals surface area contributed by atoms with Crippen molar-refractivity contribution in [3.05, 3.63) is 94.8 Å². The summed E-state index contributed by atoms with van der Waals surface area (Å²) in [6, 6.07) is 16.1. The zero-order valence-corrected chi connectivity index (χ0v) is 26.5. The van der Waals surface area contributed by atoms with Crippen LogP contribution >= 0.6 is 15.3 Å². The summed E-state index contributed by atoms with van der Waals surface area (Å²) in [6.07, 6.45) is 0.610. The van der Waals surface area contributed by atoms with Crippen molar-refractivity contribution in [3.8, 4) is 0 Å². The number of nitrogens with zero attached hydrogens (tertiary/aromatic N) is 4. The van der Waals surface area contributed by atoms with Gasteiger partial charge in [0.05, 0.1) is 12.1 Å². The van der Waals surface area contributed by atoms with E-state index in [1.165, 1.54) is 18.7 Å². The van der Waals surface area contributed by atoms with Crippen molar-refractivity contribution in [2.45, 2.75) is 51.4 Å². The Kier molecular flexibility index (Phi) is 6.31. The number of ether oxygens (including phenoxy) is 4. The maximum Gasteiger partial charge on any atom is 0.400 e. The van der Waals surface area contributed by atoms with Crippen LogP contribution in [0, 0.1) is 11.8 Å². The van der Waals surface area contributed by atoms with Crippen molar-refractivity contribution in [3.63, 3.8) is 0 Å². The lowest BCUT2D eigenvalue weighted by molar-refractivity contribution is 0.187. The third-order valence-corrected chi connectivity index (χ3v) is 13.7. The molecule has 7 atom stereocenters. The Morgan fingerprint density at radius 1 is 0.682 bits per heavy atom. The van der Waals surface area contributed by atoms with E-state index in [1.54, 1.807) is 0 Å². The van der Waals surface area contributed by atoms with Crippen LogP contribution in [0.5, 0.6) is 0 Å². The topological polar surface area (TPSA) is 124 Å². The second-order valence-electron chi connectivity index (χ2n) is 12.6. The molecule has 3 unspecified atom stereocenters. The Bertz CT molecular complexity index is 1670. The van der Waals surface area contributed by atoms with Crippen LogP contribution in [-0.2, 0) is 34.5 Å². The number of rotatable bonds is 6. The van der Waals surface area contributed by atoms with E-state index in [-0.39, 0.29) is 37.1 Å². The molecular formula is C30H36N4O8P2. The van der Waals surface area contributed by atoms with Gasteiger partial charge in [-0.3, -0.25) is 0 Å². The molecule has 14 heteroatoms. The third kappa shape index (κ3) is 3.90. The number of hydrogen-bond acceptors (Lipinski definition) is 6. The predicted octanol–water partition coefficient (Wildman–Crippen LogP) is 4.85. The molecular weight excluding hydrogens is 606 g/mol. The molecule has 234 valence electrons. The van der Waals surface area contributed by atoms with Crippen molar-refractivity contribution < 1.29 is 37.9 Å². The highest BCUT2D eigenvalue weighted by Gasteiger charge is 2.62. The zero-order valence-electron chi connectivity index (χ0n) is 24.7. The van der Waals surface area contributed by atoms with Crippen molar-refractivity contribution in [2.75, 3.05) is 26.4 Å². The minimum atomic E-state index is -4.06. The van der Waals surface area contributed by atoms with Gasteiger partial charge >= 0.3 is 15.3 Å². The molecule has 44 heavy (non-hydrogen) atoms. The molecule has 0 bridgehead atoms. The summed E-state index contributed by atoms with van der Waals surface area (Å²) in [5, 5.41) is 0. The zero-order chi connectivity index (χ0) is 30.5. The molecule has 0 amide bonds. The van der Waals surface area contributed by atoms with Crippen LogP contribution in [0.15, 0.2) is 78.1 Å². The van der Waals surface area contributed by atoms with Crippen molar-refractivity contribution in [1.29, 1.82) is 0 Å². The van der Waals surface area contributed by atoms with Crippen molar-refractivity contribution >= 4 is 15.3 Å². The molecule has 6 aliphatic heterocycles. The molecule has 0 saturated carbocycles. The highest BCUT2D eigenvalue weighted by atomic mass is 31.2. The van der Waals surface area contributed by atoms with Crippen LogP contribution in [0.2, 0.25) is 0 Å². The van der Waals surface area contributed by atoms with E-state index in [1.807, 2.05) is 68.4 Å². The van der Waals surface area contributed by atoms with Crippen LogP contribution < -0.4 is 0 Å². The summed E-state index contributed by atoms with van der Waals surface area (Å²) >= 11 is 0. The van der Waals surface area contributed by atoms with Crippen LogP contribution in [0.1, 0.15) is 49.5 Å². The average molecular weight is 643 g/mol. The van der Waals surface area contributed by atoms with E-state index in [0.717, 1.165) is 16.7 Å². The average Bonchev–Trinajstić information content (AvgIpc) is 3.82. The minimum Gasteiger partial charge on any atom is -0.473 e. The van der Waals surface area contributed by atoms with E-state index < -0.39 is 27.4 Å². The first-order valence-electron chi connectivity index (χ1n) is 15.1. The highest BCUT2D eigenvalue weighted by molar-refractivity contribution is 7.54. The van der Waals surface area contributed by atoms with Crippen LogP contribution in [0.3, 0.4) is 0 Å². The lowest BCUT2D eigenvalue weighted by atomic mass is 9.93. The fourth-order valence-electron chi connectivity index (χ4n) is 7.31. The van der Waals surface area contributed by atoms with Gasteiger partial charge in [0.1, 0.15) is 38.5 Å². The normalized spacial score (nSPS) is 34.1. The Balaban J connectivity index is 1.03. The van der Waals surface area contributed by atoms with Crippen LogP contribution in [0.25, 0.3) is 0 Å². The Hall–Kier alpha value is -3.30. The standard InChI is InChI=1S/C30H36N4O8P2/c1-18(2)23-14-39-27-28-32(43(35,36)31(23)27)24(15-40-28)19(3)12-20-8-7-11-22(13-20)26-17-42-30-29-33(44(37,38)34(26)30)25(16-41-29)21-9-5-4-6-10-21/h4-11,13,18-19,23-26H,12,14-17H2,1-3H3,(H,35,36)(H,37,38)/t19?,23-,24-,25-,26-/m1/s1. The summed E-state index contributed by atoms with van der Waals surface area (Å²) in [5.74, 6) is 1.44. The summed E-state index contributed by atoms with van der Waals surface area (Å²) < 4.78 is 57.7. The van der Waals surface area contributed by atoms with E-state index in [0.29, 0.717) is 43.2 Å². The molecule has 4 fully saturated rings. The van der Waals surface area contributed by atoms with Gasteiger partial charge < -0.3 is 28.7 Å². The molecule has 4 saturated heterocycles. The maximum absolute atomic E-state index is 14.1. The number of benzene rings is 2. The molecule has 0 aliphatic carbocycles. The Morgan fingerprint density at radius 2 is 1.18 bits per heavy atom.